The largest absolute Gasteiger partial charge is 0.497 e. The van der Waals surface area contributed by atoms with Gasteiger partial charge in [0.25, 0.3) is 0 Å². The lowest BCUT2D eigenvalue weighted by atomic mass is 9.94. The van der Waals surface area contributed by atoms with Crippen LogP contribution < -0.4 is 4.74 Å². The summed E-state index contributed by atoms with van der Waals surface area (Å²) in [5, 5.41) is 7.30. The van der Waals surface area contributed by atoms with Crippen LogP contribution in [0, 0.1) is 6.92 Å². The molecule has 5 rings (SSSR count). The molecule has 3 aromatic rings. The fourth-order valence-electron chi connectivity index (χ4n) is 4.62. The Hall–Kier alpha value is -3.19. The number of carbonyl (C=O) groups excluding carboxylic acids is 1. The number of H-pyrrole nitrogens is 1. The summed E-state index contributed by atoms with van der Waals surface area (Å²) in [5.74, 6) is 2.34. The van der Waals surface area contributed by atoms with Crippen molar-refractivity contribution in [2.24, 2.45) is 0 Å². The predicted molar refractivity (Wildman–Crippen MR) is 119 cm³/mol. The fraction of sp³-hybridized carbons (Fsp3) is 0.400. The number of hydrogen-bond acceptors (Lipinski definition) is 5. The van der Waals surface area contributed by atoms with Gasteiger partial charge in [-0.2, -0.15) is 5.10 Å². The zero-order valence-electron chi connectivity index (χ0n) is 18.5. The van der Waals surface area contributed by atoms with Gasteiger partial charge >= 0.3 is 0 Å². The van der Waals surface area contributed by atoms with Crippen molar-refractivity contribution >= 4 is 5.91 Å². The average molecular weight is 433 g/mol. The third kappa shape index (κ3) is 3.88. The topological polar surface area (TPSA) is 80.3 Å². The van der Waals surface area contributed by atoms with Crippen LogP contribution in [0.1, 0.15) is 48.1 Å². The zero-order valence-corrected chi connectivity index (χ0v) is 18.5. The van der Waals surface area contributed by atoms with E-state index in [1.807, 2.05) is 54.3 Å². The third-order valence-electron chi connectivity index (χ3n) is 6.57. The summed E-state index contributed by atoms with van der Waals surface area (Å²) >= 11 is 0. The van der Waals surface area contributed by atoms with Crippen LogP contribution in [0.15, 0.2) is 54.6 Å². The number of aromatic nitrogens is 3. The van der Waals surface area contributed by atoms with Gasteiger partial charge in [0.1, 0.15) is 11.6 Å². The first-order valence-electron chi connectivity index (χ1n) is 11.1. The monoisotopic (exact) mass is 432 g/mol. The van der Waals surface area contributed by atoms with Crippen LogP contribution in [0.5, 0.6) is 5.75 Å². The Labute approximate surface area is 187 Å². The molecule has 2 atom stereocenters. The molecule has 1 saturated heterocycles. The SMILES string of the molecule is COc1ccc(C2(C(=O)N3C[C@@H](OCc4ccccc4)C[C@H]3c3n[nH]c(C)n3)CC2)cc1. The quantitative estimate of drug-likeness (QED) is 0.616. The predicted octanol–water partition coefficient (Wildman–Crippen LogP) is 3.71. The van der Waals surface area contributed by atoms with Gasteiger partial charge in [0.15, 0.2) is 5.82 Å². The lowest BCUT2D eigenvalue weighted by Crippen LogP contribution is -2.40. The van der Waals surface area contributed by atoms with Gasteiger partial charge in [-0.15, -0.1) is 0 Å². The van der Waals surface area contributed by atoms with E-state index in [1.54, 1.807) is 7.11 Å². The van der Waals surface area contributed by atoms with E-state index in [9.17, 15) is 4.79 Å². The summed E-state index contributed by atoms with van der Waals surface area (Å²) in [5.41, 5.74) is 1.70. The number of amides is 1. The van der Waals surface area contributed by atoms with Crippen molar-refractivity contribution in [2.75, 3.05) is 13.7 Å². The summed E-state index contributed by atoms with van der Waals surface area (Å²) in [6.45, 7) is 2.94. The smallest absolute Gasteiger partial charge is 0.233 e. The molecule has 1 amide bonds. The molecule has 1 N–H and O–H groups in total. The van der Waals surface area contributed by atoms with Gasteiger partial charge in [0.2, 0.25) is 5.91 Å². The van der Waals surface area contributed by atoms with Crippen LogP contribution in [-0.4, -0.2) is 45.7 Å². The van der Waals surface area contributed by atoms with E-state index in [-0.39, 0.29) is 18.1 Å². The Morgan fingerprint density at radius 1 is 1.16 bits per heavy atom. The molecule has 32 heavy (non-hydrogen) atoms. The second-order valence-electron chi connectivity index (χ2n) is 8.72. The summed E-state index contributed by atoms with van der Waals surface area (Å²) in [4.78, 5) is 20.4. The summed E-state index contributed by atoms with van der Waals surface area (Å²) in [6, 6.07) is 17.8. The van der Waals surface area contributed by atoms with E-state index in [0.717, 1.165) is 35.5 Å². The van der Waals surface area contributed by atoms with Crippen molar-refractivity contribution < 1.29 is 14.3 Å². The molecule has 1 aromatic heterocycles. The molecule has 0 unspecified atom stereocenters. The van der Waals surface area contributed by atoms with E-state index in [4.69, 9.17) is 9.47 Å². The lowest BCUT2D eigenvalue weighted by Gasteiger charge is -2.27. The van der Waals surface area contributed by atoms with Gasteiger partial charge in [-0.3, -0.25) is 9.89 Å². The normalized spacial score (nSPS) is 21.5. The third-order valence-corrected chi connectivity index (χ3v) is 6.57. The standard InChI is InChI=1S/C25H28N4O3/c1-17-26-23(28-27-17)22-14-21(32-16-18-6-4-3-5-7-18)15-29(22)24(30)25(12-13-25)19-8-10-20(31-2)11-9-19/h3-11,21-22H,12-16H2,1-2H3,(H,26,27,28)/t21-,22-/m0/s1. The highest BCUT2D eigenvalue weighted by atomic mass is 16.5. The molecule has 0 radical (unpaired) electrons. The molecular formula is C25H28N4O3. The second-order valence-corrected chi connectivity index (χ2v) is 8.72. The van der Waals surface area contributed by atoms with Gasteiger partial charge in [-0.05, 0) is 43.0 Å². The Kier molecular flexibility index (Phi) is 5.43. The number of likely N-dealkylation sites (tertiary alicyclic amines) is 1. The second kappa shape index (κ2) is 8.39. The molecule has 0 spiro atoms. The maximum atomic E-state index is 13.9. The number of nitrogens with one attached hydrogen (secondary N) is 1. The average Bonchev–Trinajstić information content (AvgIpc) is 3.35. The minimum atomic E-state index is -0.468. The van der Waals surface area contributed by atoms with Gasteiger partial charge in [-0.25, -0.2) is 4.98 Å². The van der Waals surface area contributed by atoms with E-state index in [0.29, 0.717) is 25.4 Å². The van der Waals surface area contributed by atoms with E-state index < -0.39 is 5.41 Å². The first-order chi connectivity index (χ1) is 15.6. The van der Waals surface area contributed by atoms with E-state index >= 15 is 0 Å². The van der Waals surface area contributed by atoms with Crippen molar-refractivity contribution in [3.63, 3.8) is 0 Å². The number of aromatic amines is 1. The van der Waals surface area contributed by atoms with Gasteiger partial charge in [0.05, 0.1) is 31.3 Å². The lowest BCUT2D eigenvalue weighted by molar-refractivity contribution is -0.135. The molecule has 166 valence electrons. The number of nitrogens with zero attached hydrogens (tertiary/aromatic N) is 3. The molecule has 0 bridgehead atoms. The summed E-state index contributed by atoms with van der Waals surface area (Å²) < 4.78 is 11.5. The minimum absolute atomic E-state index is 0.0605. The maximum Gasteiger partial charge on any atom is 0.233 e. The van der Waals surface area contributed by atoms with Crippen LogP contribution in [-0.2, 0) is 21.6 Å². The first-order valence-corrected chi connectivity index (χ1v) is 11.1. The molecule has 2 aliphatic rings. The molecule has 1 aliphatic heterocycles. The van der Waals surface area contributed by atoms with E-state index in [1.165, 1.54) is 0 Å². The molecule has 1 aliphatic carbocycles. The molecular weight excluding hydrogens is 404 g/mol. The number of hydrogen-bond donors (Lipinski definition) is 1. The van der Waals surface area contributed by atoms with Gasteiger partial charge in [-0.1, -0.05) is 42.5 Å². The van der Waals surface area contributed by atoms with Crippen LogP contribution in [0.3, 0.4) is 0 Å². The van der Waals surface area contributed by atoms with Crippen LogP contribution in [0.4, 0.5) is 0 Å². The van der Waals surface area contributed by atoms with Gasteiger partial charge in [0, 0.05) is 13.0 Å². The highest BCUT2D eigenvalue weighted by molar-refractivity contribution is 5.92. The Balaban J connectivity index is 1.37. The summed E-state index contributed by atoms with van der Waals surface area (Å²) in [6.07, 6.45) is 2.33. The van der Waals surface area contributed by atoms with E-state index in [2.05, 4.69) is 27.3 Å². The number of benzene rings is 2. The molecule has 7 nitrogen and oxygen atoms in total. The Morgan fingerprint density at radius 2 is 1.91 bits per heavy atom. The summed E-state index contributed by atoms with van der Waals surface area (Å²) in [7, 11) is 1.65. The Morgan fingerprint density at radius 3 is 2.53 bits per heavy atom. The highest BCUT2D eigenvalue weighted by Crippen LogP contribution is 2.51. The minimum Gasteiger partial charge on any atom is -0.497 e. The van der Waals surface area contributed by atoms with Gasteiger partial charge < -0.3 is 14.4 Å². The molecule has 7 heteroatoms. The number of methoxy groups -OCH3 is 1. The van der Waals surface area contributed by atoms with Crippen LogP contribution in [0.25, 0.3) is 0 Å². The van der Waals surface area contributed by atoms with Crippen LogP contribution >= 0.6 is 0 Å². The molecule has 1 saturated carbocycles. The van der Waals surface area contributed by atoms with Crippen molar-refractivity contribution in [1.82, 2.24) is 20.1 Å². The number of ether oxygens (including phenoxy) is 2. The highest BCUT2D eigenvalue weighted by Gasteiger charge is 2.55. The van der Waals surface area contributed by atoms with Crippen molar-refractivity contribution in [1.29, 1.82) is 0 Å². The number of carbonyl (C=O) groups is 1. The van der Waals surface area contributed by atoms with Crippen LogP contribution in [0.2, 0.25) is 0 Å². The fourth-order valence-corrected chi connectivity index (χ4v) is 4.62. The number of rotatable bonds is 7. The molecule has 2 fully saturated rings. The zero-order chi connectivity index (χ0) is 22.1. The molecule has 2 heterocycles. The van der Waals surface area contributed by atoms with Crippen molar-refractivity contribution in [2.45, 2.75) is 50.4 Å². The molecule has 2 aromatic carbocycles. The maximum absolute atomic E-state index is 13.9. The Bertz CT molecular complexity index is 1080. The first kappa shape index (κ1) is 20.7. The van der Waals surface area contributed by atoms with Crippen molar-refractivity contribution in [3.8, 4) is 5.75 Å². The van der Waals surface area contributed by atoms with Crippen molar-refractivity contribution in [3.05, 3.63) is 77.4 Å². The number of aryl methyl sites for hydroxylation is 1.